The minimum atomic E-state index is -0.657. The second kappa shape index (κ2) is 12.4. The average Bonchev–Trinajstić information content (AvgIpc) is 3.29. The Labute approximate surface area is 199 Å². The minimum absolute atomic E-state index is 0.127. The molecule has 0 bridgehead atoms. The molecule has 0 saturated heterocycles. The van der Waals surface area contributed by atoms with Crippen molar-refractivity contribution in [1.82, 2.24) is 20.8 Å². The number of nitrogens with one attached hydrogen (secondary N) is 2. The average molecular weight is 466 g/mol. The van der Waals surface area contributed by atoms with Crippen molar-refractivity contribution in [2.45, 2.75) is 45.1 Å². The Hall–Kier alpha value is -3.88. The summed E-state index contributed by atoms with van der Waals surface area (Å²) in [5.41, 5.74) is 8.06. The first-order valence-electron chi connectivity index (χ1n) is 11.3. The quantitative estimate of drug-likeness (QED) is 0.350. The van der Waals surface area contributed by atoms with E-state index in [1.54, 1.807) is 7.11 Å². The number of hydrogen-bond acceptors (Lipinski definition) is 6. The SMILES string of the molecule is COc1ccc(-c2noc(CCCCCNC(=O)C[C@H](NC(N)=O)c3cccc(C)c3)n2)cc1. The standard InChI is InChI=1S/C25H31N5O4/c1-17-7-6-8-19(15-17)21(28-25(26)32)16-22(31)27-14-5-3-4-9-23-29-24(30-34-23)18-10-12-20(33-2)13-11-18/h6-8,10-13,15,21H,3-5,9,14,16H2,1-2H3,(H,27,31)(H3,26,28,32)/t21-/m0/s1. The van der Waals surface area contributed by atoms with Crippen LogP contribution in [0, 0.1) is 6.92 Å². The lowest BCUT2D eigenvalue weighted by Crippen LogP contribution is -2.36. The molecule has 0 saturated carbocycles. The van der Waals surface area contributed by atoms with Gasteiger partial charge in [0.25, 0.3) is 0 Å². The van der Waals surface area contributed by atoms with Crippen LogP contribution in [0.3, 0.4) is 0 Å². The summed E-state index contributed by atoms with van der Waals surface area (Å²) in [6, 6.07) is 14.0. The Kier molecular flexibility index (Phi) is 9.02. The van der Waals surface area contributed by atoms with E-state index in [0.717, 1.165) is 41.7 Å². The Morgan fingerprint density at radius 1 is 1.12 bits per heavy atom. The molecule has 9 nitrogen and oxygen atoms in total. The highest BCUT2D eigenvalue weighted by atomic mass is 16.5. The molecule has 3 amide bonds. The Morgan fingerprint density at radius 2 is 1.91 bits per heavy atom. The Morgan fingerprint density at radius 3 is 2.62 bits per heavy atom. The number of ether oxygens (including phenoxy) is 1. The van der Waals surface area contributed by atoms with E-state index < -0.39 is 12.1 Å². The largest absolute Gasteiger partial charge is 0.497 e. The number of rotatable bonds is 12. The number of primary amides is 1. The van der Waals surface area contributed by atoms with Gasteiger partial charge in [-0.25, -0.2) is 4.79 Å². The van der Waals surface area contributed by atoms with E-state index in [2.05, 4.69) is 20.8 Å². The van der Waals surface area contributed by atoms with Gasteiger partial charge in [0.2, 0.25) is 17.6 Å². The topological polar surface area (TPSA) is 132 Å². The number of methoxy groups -OCH3 is 1. The van der Waals surface area contributed by atoms with Crippen LogP contribution in [-0.2, 0) is 11.2 Å². The van der Waals surface area contributed by atoms with Crippen LogP contribution in [0.2, 0.25) is 0 Å². The number of carbonyl (C=O) groups excluding carboxylic acids is 2. The van der Waals surface area contributed by atoms with E-state index in [1.807, 2.05) is 55.5 Å². The fraction of sp³-hybridized carbons (Fsp3) is 0.360. The number of amides is 3. The number of hydrogen-bond donors (Lipinski definition) is 3. The van der Waals surface area contributed by atoms with Gasteiger partial charge in [0.1, 0.15) is 5.75 Å². The van der Waals surface area contributed by atoms with Crippen LogP contribution in [0.4, 0.5) is 4.79 Å². The van der Waals surface area contributed by atoms with Crippen LogP contribution in [0.5, 0.6) is 5.75 Å². The summed E-state index contributed by atoms with van der Waals surface area (Å²) in [4.78, 5) is 28.2. The van der Waals surface area contributed by atoms with Gasteiger partial charge < -0.3 is 25.6 Å². The lowest BCUT2D eigenvalue weighted by Gasteiger charge is -2.18. The number of urea groups is 1. The number of aryl methyl sites for hydroxylation is 2. The Bertz CT molecular complexity index is 1080. The molecule has 3 rings (SSSR count). The molecule has 34 heavy (non-hydrogen) atoms. The molecular weight excluding hydrogens is 434 g/mol. The zero-order valence-electron chi connectivity index (χ0n) is 19.5. The van der Waals surface area contributed by atoms with Gasteiger partial charge in [-0.1, -0.05) is 41.4 Å². The first kappa shape index (κ1) is 24.8. The van der Waals surface area contributed by atoms with E-state index in [9.17, 15) is 9.59 Å². The normalized spacial score (nSPS) is 11.6. The molecular formula is C25H31N5O4. The van der Waals surface area contributed by atoms with Gasteiger partial charge in [-0.3, -0.25) is 4.79 Å². The lowest BCUT2D eigenvalue weighted by atomic mass is 10.0. The van der Waals surface area contributed by atoms with E-state index in [1.165, 1.54) is 0 Å². The third kappa shape index (κ3) is 7.61. The number of aromatic nitrogens is 2. The summed E-state index contributed by atoms with van der Waals surface area (Å²) in [7, 11) is 1.62. The van der Waals surface area contributed by atoms with Crippen molar-refractivity contribution >= 4 is 11.9 Å². The molecule has 0 aliphatic carbocycles. The van der Waals surface area contributed by atoms with Gasteiger partial charge >= 0.3 is 6.03 Å². The van der Waals surface area contributed by atoms with Crippen LogP contribution < -0.4 is 21.1 Å². The fourth-order valence-corrected chi connectivity index (χ4v) is 3.59. The van der Waals surface area contributed by atoms with Gasteiger partial charge in [-0.2, -0.15) is 4.98 Å². The molecule has 4 N–H and O–H groups in total. The highest BCUT2D eigenvalue weighted by Gasteiger charge is 2.17. The third-order valence-corrected chi connectivity index (χ3v) is 5.36. The number of carbonyl (C=O) groups is 2. The van der Waals surface area contributed by atoms with Crippen LogP contribution in [0.15, 0.2) is 53.1 Å². The highest BCUT2D eigenvalue weighted by Crippen LogP contribution is 2.20. The first-order valence-corrected chi connectivity index (χ1v) is 11.3. The van der Waals surface area contributed by atoms with Crippen LogP contribution in [-0.4, -0.2) is 35.7 Å². The molecule has 1 atom stereocenters. The molecule has 0 unspecified atom stereocenters. The van der Waals surface area contributed by atoms with Crippen molar-refractivity contribution in [2.75, 3.05) is 13.7 Å². The number of nitrogens with two attached hydrogens (primary N) is 1. The molecule has 1 aromatic heterocycles. The van der Waals surface area contributed by atoms with Crippen molar-refractivity contribution in [1.29, 1.82) is 0 Å². The molecule has 9 heteroatoms. The van der Waals surface area contributed by atoms with Gasteiger partial charge in [0, 0.05) is 18.5 Å². The minimum Gasteiger partial charge on any atom is -0.497 e. The zero-order chi connectivity index (χ0) is 24.3. The van der Waals surface area contributed by atoms with Crippen LogP contribution in [0.1, 0.15) is 48.7 Å². The molecule has 0 radical (unpaired) electrons. The number of benzene rings is 2. The van der Waals surface area contributed by atoms with Gasteiger partial charge in [0.05, 0.1) is 19.6 Å². The summed E-state index contributed by atoms with van der Waals surface area (Å²) in [6.07, 6.45) is 3.40. The second-order valence-corrected chi connectivity index (χ2v) is 8.08. The summed E-state index contributed by atoms with van der Waals surface area (Å²) < 4.78 is 10.5. The summed E-state index contributed by atoms with van der Waals surface area (Å²) in [5, 5.41) is 9.60. The monoisotopic (exact) mass is 465 g/mol. The molecule has 3 aromatic rings. The van der Waals surface area contributed by atoms with E-state index >= 15 is 0 Å². The summed E-state index contributed by atoms with van der Waals surface area (Å²) >= 11 is 0. The molecule has 0 aliphatic heterocycles. The Balaban J connectivity index is 1.37. The summed E-state index contributed by atoms with van der Waals surface area (Å²) in [5.74, 6) is 1.78. The highest BCUT2D eigenvalue weighted by molar-refractivity contribution is 5.78. The van der Waals surface area contributed by atoms with Gasteiger partial charge in [-0.05, 0) is 49.6 Å². The maximum absolute atomic E-state index is 12.4. The predicted molar refractivity (Wildman–Crippen MR) is 128 cm³/mol. The zero-order valence-corrected chi connectivity index (χ0v) is 19.5. The summed E-state index contributed by atoms with van der Waals surface area (Å²) in [6.45, 7) is 2.51. The molecule has 180 valence electrons. The lowest BCUT2D eigenvalue weighted by molar-refractivity contribution is -0.121. The maximum atomic E-state index is 12.4. The predicted octanol–water partition coefficient (Wildman–Crippen LogP) is 3.68. The first-order chi connectivity index (χ1) is 16.4. The number of nitrogens with zero attached hydrogens (tertiary/aromatic N) is 2. The molecule has 1 heterocycles. The van der Waals surface area contributed by atoms with Gasteiger partial charge in [-0.15, -0.1) is 0 Å². The van der Waals surface area contributed by atoms with Crippen molar-refractivity contribution in [3.05, 3.63) is 65.5 Å². The maximum Gasteiger partial charge on any atom is 0.312 e. The molecule has 2 aromatic carbocycles. The second-order valence-electron chi connectivity index (χ2n) is 8.08. The van der Waals surface area contributed by atoms with Crippen LogP contribution in [0.25, 0.3) is 11.4 Å². The smallest absolute Gasteiger partial charge is 0.312 e. The van der Waals surface area contributed by atoms with Crippen molar-refractivity contribution in [2.24, 2.45) is 5.73 Å². The fourth-order valence-electron chi connectivity index (χ4n) is 3.59. The molecule has 0 fully saturated rings. The van der Waals surface area contributed by atoms with Crippen molar-refractivity contribution in [3.8, 4) is 17.1 Å². The van der Waals surface area contributed by atoms with E-state index in [-0.39, 0.29) is 12.3 Å². The van der Waals surface area contributed by atoms with Crippen molar-refractivity contribution in [3.63, 3.8) is 0 Å². The van der Waals surface area contributed by atoms with Crippen molar-refractivity contribution < 1.29 is 18.8 Å². The van der Waals surface area contributed by atoms with E-state index in [0.29, 0.717) is 24.7 Å². The number of unbranched alkanes of at least 4 members (excludes halogenated alkanes) is 2. The third-order valence-electron chi connectivity index (χ3n) is 5.36. The molecule has 0 spiro atoms. The van der Waals surface area contributed by atoms with Crippen LogP contribution >= 0.6 is 0 Å². The van der Waals surface area contributed by atoms with Gasteiger partial charge in [0.15, 0.2) is 0 Å². The molecule has 0 aliphatic rings. The van der Waals surface area contributed by atoms with E-state index in [4.69, 9.17) is 15.0 Å².